The van der Waals surface area contributed by atoms with E-state index in [0.29, 0.717) is 6.61 Å². The molecule has 1 aliphatic rings. The quantitative estimate of drug-likeness (QED) is 0.658. The number of aryl methyl sites for hydroxylation is 1. The van der Waals surface area contributed by atoms with Crippen LogP contribution >= 0.6 is 12.4 Å². The van der Waals surface area contributed by atoms with E-state index < -0.39 is 16.0 Å². The number of hydrogen-bond donors (Lipinski definition) is 2. The molecule has 0 amide bonds. The molecule has 1 aromatic rings. The molecule has 2 N–H and O–H groups in total. The highest BCUT2D eigenvalue weighted by Gasteiger charge is 2.35. The number of esters is 1. The molecule has 0 aliphatic carbocycles. The molecular formula is C14H24ClN3O5S. The lowest BCUT2D eigenvalue weighted by Gasteiger charge is -2.28. The first kappa shape index (κ1) is 20.9. The molecule has 138 valence electrons. The van der Waals surface area contributed by atoms with Crippen molar-refractivity contribution >= 4 is 28.4 Å². The number of nitrogens with one attached hydrogen (secondary N) is 2. The molecule has 0 saturated carbocycles. The summed E-state index contributed by atoms with van der Waals surface area (Å²) in [6.45, 7) is 1.49. The van der Waals surface area contributed by atoms with Crippen LogP contribution in [-0.4, -0.2) is 58.4 Å². The molecule has 1 aliphatic heterocycles. The van der Waals surface area contributed by atoms with Crippen molar-refractivity contribution in [2.75, 3.05) is 33.9 Å². The lowest BCUT2D eigenvalue weighted by molar-refractivity contribution is 0.0590. The minimum Gasteiger partial charge on any atom is -0.464 e. The molecule has 0 aromatic carbocycles. The number of sulfonamides is 1. The van der Waals surface area contributed by atoms with Gasteiger partial charge in [-0.2, -0.15) is 0 Å². The van der Waals surface area contributed by atoms with E-state index in [0.717, 1.165) is 19.4 Å². The summed E-state index contributed by atoms with van der Waals surface area (Å²) in [5.74, 6) is -0.581. The number of nitrogens with zero attached hydrogens (tertiary/aromatic N) is 1. The van der Waals surface area contributed by atoms with E-state index in [1.807, 2.05) is 0 Å². The Kier molecular flexibility index (Phi) is 7.24. The lowest BCUT2D eigenvalue weighted by atomic mass is 9.99. The Bertz CT molecular complexity index is 668. The van der Waals surface area contributed by atoms with Crippen LogP contribution in [-0.2, 0) is 26.5 Å². The highest BCUT2D eigenvalue weighted by molar-refractivity contribution is 7.89. The van der Waals surface area contributed by atoms with Crippen molar-refractivity contribution in [3.8, 4) is 0 Å². The Morgan fingerprint density at radius 3 is 2.71 bits per heavy atom. The van der Waals surface area contributed by atoms with Crippen molar-refractivity contribution in [3.63, 3.8) is 0 Å². The van der Waals surface area contributed by atoms with E-state index in [1.165, 1.54) is 23.9 Å². The van der Waals surface area contributed by atoms with Crippen LogP contribution in [0.2, 0.25) is 0 Å². The third-order valence-electron chi connectivity index (χ3n) is 4.04. The molecule has 1 atom stereocenters. The number of hydrogen-bond acceptors (Lipinski definition) is 6. The van der Waals surface area contributed by atoms with Gasteiger partial charge in [-0.25, -0.2) is 17.9 Å². The Morgan fingerprint density at radius 2 is 2.17 bits per heavy atom. The van der Waals surface area contributed by atoms with Crippen molar-refractivity contribution < 1.29 is 22.7 Å². The molecule has 2 rings (SSSR count). The third-order valence-corrected chi connectivity index (χ3v) is 5.41. The summed E-state index contributed by atoms with van der Waals surface area (Å²) in [6, 6.07) is 1.30. The maximum Gasteiger partial charge on any atom is 0.354 e. The molecule has 8 nitrogen and oxygen atoms in total. The molecule has 0 radical (unpaired) electrons. The average molecular weight is 382 g/mol. The number of methoxy groups -OCH3 is 2. The van der Waals surface area contributed by atoms with E-state index in [-0.39, 0.29) is 35.1 Å². The maximum atomic E-state index is 12.5. The van der Waals surface area contributed by atoms with Gasteiger partial charge in [-0.05, 0) is 25.5 Å². The minimum atomic E-state index is -3.72. The molecule has 1 unspecified atom stereocenters. The van der Waals surface area contributed by atoms with Crippen LogP contribution in [0, 0.1) is 0 Å². The normalized spacial score (nSPS) is 20.6. The van der Waals surface area contributed by atoms with Gasteiger partial charge in [0.05, 0.1) is 19.3 Å². The topological polar surface area (TPSA) is 98.7 Å². The minimum absolute atomic E-state index is 0. The molecular weight excluding hydrogens is 358 g/mol. The fourth-order valence-corrected chi connectivity index (χ4v) is 3.97. The largest absolute Gasteiger partial charge is 0.464 e. The van der Waals surface area contributed by atoms with Crippen LogP contribution in [0.5, 0.6) is 0 Å². The zero-order chi connectivity index (χ0) is 17.1. The fourth-order valence-electron chi connectivity index (χ4n) is 2.78. The average Bonchev–Trinajstić information content (AvgIpc) is 3.13. The molecule has 1 saturated heterocycles. The number of carbonyl (C=O) groups is 1. The first-order valence-electron chi connectivity index (χ1n) is 7.32. The fraction of sp³-hybridized carbons (Fsp3) is 0.643. The zero-order valence-corrected chi connectivity index (χ0v) is 15.6. The summed E-state index contributed by atoms with van der Waals surface area (Å²) in [5.41, 5.74) is -0.208. The first-order valence-corrected chi connectivity index (χ1v) is 8.80. The van der Waals surface area contributed by atoms with Crippen LogP contribution in [0.25, 0.3) is 0 Å². The predicted octanol–water partition coefficient (Wildman–Crippen LogP) is 0.280. The van der Waals surface area contributed by atoms with E-state index in [1.54, 1.807) is 14.2 Å². The van der Waals surface area contributed by atoms with E-state index >= 15 is 0 Å². The van der Waals surface area contributed by atoms with Gasteiger partial charge in [0.1, 0.15) is 10.6 Å². The number of halogens is 1. The zero-order valence-electron chi connectivity index (χ0n) is 14.0. The standard InChI is InChI=1S/C14H23N3O5S.ClH/c1-17-8-11(7-12(17)13(18)22-3)23(19,20)16-9-14(10-21-2)5-4-6-15-14;/h7-8,15-16H,4-6,9-10H2,1-3H3;1H. The van der Waals surface area contributed by atoms with Crippen LogP contribution in [0.4, 0.5) is 0 Å². The summed E-state index contributed by atoms with van der Waals surface area (Å²) in [4.78, 5) is 11.6. The van der Waals surface area contributed by atoms with Gasteiger partial charge in [0.25, 0.3) is 0 Å². The van der Waals surface area contributed by atoms with Gasteiger partial charge in [-0.3, -0.25) is 0 Å². The summed E-state index contributed by atoms with van der Waals surface area (Å²) in [7, 11) is 0.717. The van der Waals surface area contributed by atoms with Gasteiger partial charge in [0.15, 0.2) is 0 Å². The molecule has 0 bridgehead atoms. The highest BCUT2D eigenvalue weighted by atomic mass is 35.5. The summed E-state index contributed by atoms with van der Waals surface area (Å²) in [6.07, 6.45) is 3.20. The van der Waals surface area contributed by atoms with E-state index in [4.69, 9.17) is 4.74 Å². The second kappa shape index (κ2) is 8.30. The van der Waals surface area contributed by atoms with Crippen molar-refractivity contribution in [1.29, 1.82) is 0 Å². The Balaban J connectivity index is 0.00000288. The highest BCUT2D eigenvalue weighted by Crippen LogP contribution is 2.20. The smallest absolute Gasteiger partial charge is 0.354 e. The monoisotopic (exact) mass is 381 g/mol. The van der Waals surface area contributed by atoms with Crippen LogP contribution in [0.3, 0.4) is 0 Å². The third kappa shape index (κ3) is 4.48. The lowest BCUT2D eigenvalue weighted by Crippen LogP contribution is -2.52. The van der Waals surface area contributed by atoms with Gasteiger partial charge in [0, 0.05) is 26.9 Å². The second-order valence-electron chi connectivity index (χ2n) is 5.73. The van der Waals surface area contributed by atoms with Gasteiger partial charge in [-0.1, -0.05) is 0 Å². The van der Waals surface area contributed by atoms with Crippen molar-refractivity contribution in [3.05, 3.63) is 18.0 Å². The molecule has 2 heterocycles. The molecule has 1 fully saturated rings. The molecule has 10 heteroatoms. The maximum absolute atomic E-state index is 12.5. The summed E-state index contributed by atoms with van der Waals surface area (Å²) < 4.78 is 38.8. The number of aromatic nitrogens is 1. The van der Waals surface area contributed by atoms with Gasteiger partial charge in [-0.15, -0.1) is 12.4 Å². The Morgan fingerprint density at radius 1 is 1.46 bits per heavy atom. The number of rotatable bonds is 7. The van der Waals surface area contributed by atoms with Crippen molar-refractivity contribution in [2.45, 2.75) is 23.3 Å². The summed E-state index contributed by atoms with van der Waals surface area (Å²) in [5, 5.41) is 3.31. The van der Waals surface area contributed by atoms with Crippen LogP contribution in [0.1, 0.15) is 23.3 Å². The Labute approximate surface area is 148 Å². The second-order valence-corrected chi connectivity index (χ2v) is 7.50. The van der Waals surface area contributed by atoms with Crippen molar-refractivity contribution in [2.24, 2.45) is 7.05 Å². The van der Waals surface area contributed by atoms with Crippen molar-refractivity contribution in [1.82, 2.24) is 14.6 Å². The molecule has 24 heavy (non-hydrogen) atoms. The predicted molar refractivity (Wildman–Crippen MR) is 91.0 cm³/mol. The van der Waals surface area contributed by atoms with Crippen LogP contribution < -0.4 is 10.0 Å². The summed E-state index contributed by atoms with van der Waals surface area (Å²) >= 11 is 0. The first-order chi connectivity index (χ1) is 10.8. The number of ether oxygens (including phenoxy) is 2. The number of carbonyl (C=O) groups excluding carboxylic acids is 1. The van der Waals surface area contributed by atoms with E-state index in [9.17, 15) is 13.2 Å². The van der Waals surface area contributed by atoms with Gasteiger partial charge in [0.2, 0.25) is 10.0 Å². The van der Waals surface area contributed by atoms with Crippen LogP contribution in [0.15, 0.2) is 17.2 Å². The van der Waals surface area contributed by atoms with Gasteiger partial charge >= 0.3 is 5.97 Å². The van der Waals surface area contributed by atoms with Gasteiger partial charge < -0.3 is 19.4 Å². The Hall–Kier alpha value is -1.13. The van der Waals surface area contributed by atoms with E-state index in [2.05, 4.69) is 14.8 Å². The molecule has 0 spiro atoms. The SMILES string of the molecule is COCC1(CNS(=O)(=O)c2cc(C(=O)OC)n(C)c2)CCCN1.Cl. The molecule has 1 aromatic heterocycles.